The number of anilines is 1. The lowest BCUT2D eigenvalue weighted by Gasteiger charge is -2.40. The van der Waals surface area contributed by atoms with Crippen LogP contribution in [-0.4, -0.2) is 36.0 Å². The van der Waals surface area contributed by atoms with Crippen molar-refractivity contribution in [2.24, 2.45) is 0 Å². The van der Waals surface area contributed by atoms with E-state index >= 15 is 8.78 Å². The van der Waals surface area contributed by atoms with Gasteiger partial charge in [0.15, 0.2) is 8.32 Å². The first kappa shape index (κ1) is 22.6. The van der Waals surface area contributed by atoms with Crippen LogP contribution >= 0.6 is 0 Å². The van der Waals surface area contributed by atoms with Gasteiger partial charge >= 0.3 is 11.6 Å². The summed E-state index contributed by atoms with van der Waals surface area (Å²) in [5, 5.41) is -0.271. The zero-order valence-electron chi connectivity index (χ0n) is 17.9. The van der Waals surface area contributed by atoms with Gasteiger partial charge in [-0.25, -0.2) is 4.79 Å². The minimum absolute atomic E-state index is 0.0382. The molecule has 163 valence electrons. The van der Waals surface area contributed by atoms with E-state index in [0.29, 0.717) is 0 Å². The van der Waals surface area contributed by atoms with Crippen LogP contribution in [0.25, 0.3) is 0 Å². The van der Waals surface area contributed by atoms with Gasteiger partial charge in [-0.1, -0.05) is 45.0 Å². The summed E-state index contributed by atoms with van der Waals surface area (Å²) >= 11 is 0. The van der Waals surface area contributed by atoms with Crippen molar-refractivity contribution in [2.45, 2.75) is 69.7 Å². The van der Waals surface area contributed by atoms with Crippen molar-refractivity contribution >= 4 is 14.1 Å². The monoisotopic (exact) mass is 436 g/mol. The van der Waals surface area contributed by atoms with Crippen LogP contribution in [0.1, 0.15) is 32.6 Å². The summed E-state index contributed by atoms with van der Waals surface area (Å²) in [7, 11) is -2.56. The fourth-order valence-corrected chi connectivity index (χ4v) is 4.46. The van der Waals surface area contributed by atoms with Gasteiger partial charge in [0.25, 0.3) is 0 Å². The number of nitrogens with two attached hydrogens (primary N) is 1. The molecule has 0 bridgehead atoms. The molecule has 1 aliphatic heterocycles. The zero-order valence-corrected chi connectivity index (χ0v) is 18.9. The van der Waals surface area contributed by atoms with E-state index < -0.39 is 38.4 Å². The molecule has 3 atom stereocenters. The number of hydrogen-bond donors (Lipinski definition) is 1. The van der Waals surface area contributed by atoms with Gasteiger partial charge in [-0.3, -0.25) is 4.57 Å². The average Bonchev–Trinajstić information content (AvgIpc) is 2.86. The van der Waals surface area contributed by atoms with Gasteiger partial charge in [0, 0.05) is 12.6 Å². The summed E-state index contributed by atoms with van der Waals surface area (Å²) in [6.07, 6.45) is -2.86. The maximum Gasteiger partial charge on any atom is 0.351 e. The highest BCUT2D eigenvalue weighted by Gasteiger charge is 2.62. The lowest BCUT2D eigenvalue weighted by Crippen LogP contribution is -2.52. The molecule has 0 spiro atoms. The van der Waals surface area contributed by atoms with Gasteiger partial charge in [-0.2, -0.15) is 13.8 Å². The Morgan fingerprint density at radius 3 is 2.50 bits per heavy atom. The summed E-state index contributed by atoms with van der Waals surface area (Å²) in [6, 6.07) is 11.3. The Balaban J connectivity index is 2.01. The van der Waals surface area contributed by atoms with E-state index in [-0.39, 0.29) is 17.3 Å². The van der Waals surface area contributed by atoms with Crippen molar-refractivity contribution in [2.75, 3.05) is 5.73 Å². The van der Waals surface area contributed by atoms with Crippen LogP contribution in [0.4, 0.5) is 14.6 Å². The minimum Gasteiger partial charge on any atom is -0.405 e. The lowest BCUT2D eigenvalue weighted by molar-refractivity contribution is -0.138. The standard InChI is InChI=1S/C21H28F2N3O3Si/c1-20(2,3)30(4,5)29-17-15(13-14-9-7-6-8-10-14)28-18(21(17,22)23)26-12-11-16(24)25-19(26)27/h7-12,15,17-18H,13H2,1-5H3,(H2,24,25,27)/t15-,17-,18-/m1/s1. The topological polar surface area (TPSA) is 79.4 Å². The van der Waals surface area contributed by atoms with E-state index in [0.717, 1.165) is 10.1 Å². The number of aromatic nitrogens is 2. The average molecular weight is 437 g/mol. The first-order valence-electron chi connectivity index (χ1n) is 9.84. The Labute approximate surface area is 176 Å². The highest BCUT2D eigenvalue weighted by Crippen LogP contribution is 2.48. The molecule has 1 saturated heterocycles. The smallest absolute Gasteiger partial charge is 0.351 e. The second-order valence-corrected chi connectivity index (χ2v) is 13.9. The number of benzene rings is 1. The van der Waals surface area contributed by atoms with Crippen LogP contribution in [0.2, 0.25) is 18.1 Å². The van der Waals surface area contributed by atoms with E-state index in [2.05, 4.69) is 11.1 Å². The third-order valence-corrected chi connectivity index (χ3v) is 10.4. The molecule has 0 unspecified atom stereocenters. The maximum absolute atomic E-state index is 15.7. The number of nitrogens with zero attached hydrogens (tertiary/aromatic N) is 2. The quantitative estimate of drug-likeness (QED) is 0.722. The summed E-state index contributed by atoms with van der Waals surface area (Å²) in [5.74, 6) is -3.48. The highest BCUT2D eigenvalue weighted by atomic mass is 28.4. The third kappa shape index (κ3) is 4.33. The summed E-state index contributed by atoms with van der Waals surface area (Å²) < 4.78 is 44.1. The Hall–Kier alpha value is -2.10. The van der Waals surface area contributed by atoms with Crippen LogP contribution in [0.3, 0.4) is 0 Å². The molecule has 1 aliphatic rings. The molecule has 1 aromatic carbocycles. The van der Waals surface area contributed by atoms with E-state index in [1.807, 2.05) is 33.9 Å². The van der Waals surface area contributed by atoms with Crippen LogP contribution in [0.5, 0.6) is 0 Å². The van der Waals surface area contributed by atoms with E-state index in [9.17, 15) is 4.79 Å². The molecule has 2 N–H and O–H groups in total. The molecule has 0 aliphatic carbocycles. The molecule has 9 heteroatoms. The van der Waals surface area contributed by atoms with Gasteiger partial charge in [-0.05, 0) is 35.8 Å². The largest absolute Gasteiger partial charge is 0.405 e. The molecule has 3 rings (SSSR count). The van der Waals surface area contributed by atoms with Gasteiger partial charge in [-0.15, -0.1) is 0 Å². The maximum atomic E-state index is 15.7. The van der Waals surface area contributed by atoms with Crippen molar-refractivity contribution in [1.29, 1.82) is 0 Å². The van der Waals surface area contributed by atoms with Gasteiger partial charge in [0.2, 0.25) is 6.23 Å². The SMILES string of the molecule is CC(C)(C)[Si](C)(C)O[C@@H]1[C@@H](Cc2cc[c]cc2)O[C@@H](n2ccc(N)nc2=O)C1(F)F. The lowest BCUT2D eigenvalue weighted by atomic mass is 10.0. The number of ether oxygens (including phenoxy) is 1. The fraction of sp³-hybridized carbons (Fsp3) is 0.524. The molecule has 1 aromatic heterocycles. The van der Waals surface area contributed by atoms with E-state index in [1.165, 1.54) is 12.3 Å². The molecule has 0 saturated carbocycles. The second-order valence-electron chi connectivity index (χ2n) is 9.15. The Morgan fingerprint density at radius 2 is 1.93 bits per heavy atom. The van der Waals surface area contributed by atoms with E-state index in [4.69, 9.17) is 14.9 Å². The Morgan fingerprint density at radius 1 is 1.30 bits per heavy atom. The molecular formula is C21H28F2N3O3Si. The van der Waals surface area contributed by atoms with Gasteiger partial charge < -0.3 is 14.9 Å². The van der Waals surface area contributed by atoms with Crippen molar-refractivity contribution in [3.63, 3.8) is 0 Å². The molecule has 0 amide bonds. The highest BCUT2D eigenvalue weighted by molar-refractivity contribution is 6.74. The molecule has 2 heterocycles. The molecular weight excluding hydrogens is 408 g/mol. The number of alkyl halides is 2. The van der Waals surface area contributed by atoms with Crippen molar-refractivity contribution in [3.8, 4) is 0 Å². The molecule has 2 aromatic rings. The molecule has 30 heavy (non-hydrogen) atoms. The van der Waals surface area contributed by atoms with Crippen LogP contribution in [0.15, 0.2) is 41.3 Å². The van der Waals surface area contributed by atoms with Crippen molar-refractivity contribution in [1.82, 2.24) is 9.55 Å². The van der Waals surface area contributed by atoms with E-state index in [1.54, 1.807) is 24.3 Å². The van der Waals surface area contributed by atoms with Crippen LogP contribution in [0, 0.1) is 6.07 Å². The normalized spacial score (nSPS) is 24.2. The van der Waals surface area contributed by atoms with Crippen LogP contribution in [-0.2, 0) is 15.6 Å². The second kappa shape index (κ2) is 7.86. The van der Waals surface area contributed by atoms with Crippen molar-refractivity contribution < 1.29 is 17.9 Å². The van der Waals surface area contributed by atoms with Crippen molar-refractivity contribution in [3.05, 3.63) is 58.6 Å². The van der Waals surface area contributed by atoms with Crippen LogP contribution < -0.4 is 11.4 Å². The minimum atomic E-state index is -3.44. The number of rotatable bonds is 5. The molecule has 6 nitrogen and oxygen atoms in total. The predicted octanol–water partition coefficient (Wildman–Crippen LogP) is 3.79. The van der Waals surface area contributed by atoms with Gasteiger partial charge in [0.05, 0.1) is 6.10 Å². The Kier molecular flexibility index (Phi) is 5.92. The van der Waals surface area contributed by atoms with Gasteiger partial charge in [0.1, 0.15) is 11.9 Å². The molecule has 1 radical (unpaired) electrons. The number of nitrogen functional groups attached to an aromatic ring is 1. The molecule has 1 fully saturated rings. The first-order chi connectivity index (χ1) is 13.8. The fourth-order valence-electron chi connectivity index (χ4n) is 3.16. The predicted molar refractivity (Wildman–Crippen MR) is 113 cm³/mol. The number of halogens is 2. The summed E-state index contributed by atoms with van der Waals surface area (Å²) in [5.41, 5.74) is 5.44. The summed E-state index contributed by atoms with van der Waals surface area (Å²) in [6.45, 7) is 9.80. The zero-order chi connectivity index (χ0) is 22.3. The number of hydrogen-bond acceptors (Lipinski definition) is 5. The Bertz CT molecular complexity index is 945. The third-order valence-electron chi connectivity index (χ3n) is 5.91. The first-order valence-corrected chi connectivity index (χ1v) is 12.7. The summed E-state index contributed by atoms with van der Waals surface area (Å²) in [4.78, 5) is 15.8.